The summed E-state index contributed by atoms with van der Waals surface area (Å²) in [6.07, 6.45) is 4.45. The van der Waals surface area contributed by atoms with Crippen LogP contribution < -0.4 is 10.6 Å². The van der Waals surface area contributed by atoms with Crippen molar-refractivity contribution in [2.45, 2.75) is 38.8 Å². The van der Waals surface area contributed by atoms with Gasteiger partial charge in [-0.1, -0.05) is 17.3 Å². The first kappa shape index (κ1) is 17.2. The molecule has 1 aromatic heterocycles. The van der Waals surface area contributed by atoms with Crippen LogP contribution in [0, 0.1) is 0 Å². The fraction of sp³-hybridized carbons (Fsp3) is 0.368. The molecule has 2 N–H and O–H groups in total. The van der Waals surface area contributed by atoms with Crippen molar-refractivity contribution in [3.05, 3.63) is 48.8 Å². The van der Waals surface area contributed by atoms with Gasteiger partial charge in [-0.15, -0.1) is 0 Å². The molecule has 25 heavy (non-hydrogen) atoms. The van der Waals surface area contributed by atoms with Crippen molar-refractivity contribution in [3.8, 4) is 5.69 Å². The Balaban J connectivity index is 1.66. The lowest BCUT2D eigenvalue weighted by Crippen LogP contribution is -2.35. The topological polar surface area (TPSA) is 67.7 Å². The van der Waals surface area contributed by atoms with Crippen LogP contribution >= 0.6 is 0 Å². The predicted molar refractivity (Wildman–Crippen MR) is 99.1 cm³/mol. The molecule has 6 heteroatoms. The molecular weight excluding hydrogens is 316 g/mol. The maximum Gasteiger partial charge on any atom is 0.241 e. The largest absolute Gasteiger partial charge is 0.390 e. The molecule has 0 bridgehead atoms. The molecule has 1 fully saturated rings. The molecule has 1 aliphatic rings. The Morgan fingerprint density at radius 3 is 2.68 bits per heavy atom. The van der Waals surface area contributed by atoms with Crippen LogP contribution in [0.5, 0.6) is 0 Å². The fourth-order valence-electron chi connectivity index (χ4n) is 2.60. The van der Waals surface area contributed by atoms with Crippen molar-refractivity contribution in [3.63, 3.8) is 0 Å². The minimum absolute atomic E-state index is 0.0689. The molecule has 3 rings (SSSR count). The summed E-state index contributed by atoms with van der Waals surface area (Å²) in [4.78, 5) is 18.0. The summed E-state index contributed by atoms with van der Waals surface area (Å²) in [5.74, 6) is -0.0689. The Kier molecular flexibility index (Phi) is 4.90. The molecular formula is C19H24N4O2. The van der Waals surface area contributed by atoms with Crippen LogP contribution in [-0.4, -0.2) is 34.4 Å². The number of carbonyl (C=O) groups is 1. The zero-order chi connectivity index (χ0) is 17.9. The zero-order valence-corrected chi connectivity index (χ0v) is 14.8. The molecule has 6 nitrogen and oxygen atoms in total. The third kappa shape index (κ3) is 4.48. The molecule has 0 aliphatic carbocycles. The summed E-state index contributed by atoms with van der Waals surface area (Å²) in [6.45, 7) is 6.40. The Bertz CT molecular complexity index is 760. The van der Waals surface area contributed by atoms with Gasteiger partial charge in [-0.2, -0.15) is 0 Å². The smallest absolute Gasteiger partial charge is 0.241 e. The second-order valence-electron chi connectivity index (χ2n) is 7.10. The number of carbonyl (C=O) groups excluding carboxylic acids is 1. The second kappa shape index (κ2) is 7.11. The normalized spacial score (nSPS) is 19.2. The SMILES string of the molecule is CC(C)(C)ON=C1CN[C@H](C(=O)Nc2ccccc2-n2cccc2)C1. The van der Waals surface area contributed by atoms with Crippen LogP contribution in [0.1, 0.15) is 27.2 Å². The Labute approximate surface area is 147 Å². The number of benzene rings is 1. The first-order valence-corrected chi connectivity index (χ1v) is 8.43. The van der Waals surface area contributed by atoms with E-state index in [4.69, 9.17) is 4.84 Å². The maximum atomic E-state index is 12.6. The third-order valence-electron chi connectivity index (χ3n) is 3.80. The highest BCUT2D eigenvalue weighted by molar-refractivity contribution is 6.02. The summed E-state index contributed by atoms with van der Waals surface area (Å²) in [5.41, 5.74) is 2.24. The van der Waals surface area contributed by atoms with Gasteiger partial charge in [0.1, 0.15) is 5.60 Å². The summed E-state index contributed by atoms with van der Waals surface area (Å²) >= 11 is 0. The average molecular weight is 340 g/mol. The van der Waals surface area contributed by atoms with E-state index in [0.717, 1.165) is 17.1 Å². The number of oxime groups is 1. The highest BCUT2D eigenvalue weighted by Gasteiger charge is 2.28. The van der Waals surface area contributed by atoms with Crippen LogP contribution in [0.3, 0.4) is 0 Å². The van der Waals surface area contributed by atoms with Crippen LogP contribution in [0.4, 0.5) is 5.69 Å². The first-order chi connectivity index (χ1) is 11.9. The molecule has 2 aromatic rings. The number of hydrogen-bond acceptors (Lipinski definition) is 4. The molecule has 132 valence electrons. The van der Waals surface area contributed by atoms with Crippen molar-refractivity contribution in [1.29, 1.82) is 0 Å². The second-order valence-corrected chi connectivity index (χ2v) is 7.10. The molecule has 1 saturated heterocycles. The van der Waals surface area contributed by atoms with Gasteiger partial charge < -0.3 is 20.0 Å². The van der Waals surface area contributed by atoms with E-state index in [0.29, 0.717) is 13.0 Å². The van der Waals surface area contributed by atoms with Gasteiger partial charge in [0.2, 0.25) is 5.91 Å². The number of amides is 1. The summed E-state index contributed by atoms with van der Waals surface area (Å²) < 4.78 is 1.97. The molecule has 0 unspecified atom stereocenters. The van der Waals surface area contributed by atoms with Gasteiger partial charge >= 0.3 is 0 Å². The van der Waals surface area contributed by atoms with Gasteiger partial charge in [-0.05, 0) is 45.0 Å². The lowest BCUT2D eigenvalue weighted by atomic mass is 10.2. The number of nitrogens with zero attached hydrogens (tertiary/aromatic N) is 2. The van der Waals surface area contributed by atoms with Crippen LogP contribution in [0.2, 0.25) is 0 Å². The quantitative estimate of drug-likeness (QED) is 0.841. The van der Waals surface area contributed by atoms with Gasteiger partial charge in [-0.25, -0.2) is 0 Å². The Hall–Kier alpha value is -2.60. The fourth-order valence-corrected chi connectivity index (χ4v) is 2.60. The minimum atomic E-state index is -0.330. The van der Waals surface area contributed by atoms with E-state index in [1.54, 1.807) is 0 Å². The van der Waals surface area contributed by atoms with Crippen molar-refractivity contribution < 1.29 is 9.63 Å². The molecule has 1 amide bonds. The highest BCUT2D eigenvalue weighted by atomic mass is 16.6. The number of nitrogens with one attached hydrogen (secondary N) is 2. The van der Waals surface area contributed by atoms with Gasteiger partial charge in [0.15, 0.2) is 0 Å². The minimum Gasteiger partial charge on any atom is -0.390 e. The number of para-hydroxylation sites is 2. The van der Waals surface area contributed by atoms with Gasteiger partial charge in [-0.3, -0.25) is 4.79 Å². The Morgan fingerprint density at radius 2 is 1.96 bits per heavy atom. The summed E-state index contributed by atoms with van der Waals surface area (Å²) in [5, 5.41) is 10.4. The van der Waals surface area contributed by atoms with E-state index in [1.165, 1.54) is 0 Å². The summed E-state index contributed by atoms with van der Waals surface area (Å²) in [7, 11) is 0. The van der Waals surface area contributed by atoms with Crippen molar-refractivity contribution in [1.82, 2.24) is 9.88 Å². The number of anilines is 1. The molecule has 2 heterocycles. The molecule has 1 atom stereocenters. The molecule has 0 radical (unpaired) electrons. The van der Waals surface area contributed by atoms with E-state index >= 15 is 0 Å². The predicted octanol–water partition coefficient (Wildman–Crippen LogP) is 2.95. The molecule has 0 spiro atoms. The average Bonchev–Trinajstić information content (AvgIpc) is 3.25. The molecule has 1 aromatic carbocycles. The third-order valence-corrected chi connectivity index (χ3v) is 3.80. The van der Waals surface area contributed by atoms with Crippen LogP contribution in [0.25, 0.3) is 5.69 Å². The monoisotopic (exact) mass is 340 g/mol. The van der Waals surface area contributed by atoms with E-state index in [9.17, 15) is 4.79 Å². The van der Waals surface area contributed by atoms with E-state index < -0.39 is 0 Å². The van der Waals surface area contributed by atoms with E-state index in [2.05, 4.69) is 15.8 Å². The van der Waals surface area contributed by atoms with Crippen molar-refractivity contribution in [2.24, 2.45) is 5.16 Å². The lowest BCUT2D eigenvalue weighted by molar-refractivity contribution is -0.117. The zero-order valence-electron chi connectivity index (χ0n) is 14.8. The maximum absolute atomic E-state index is 12.6. The summed E-state index contributed by atoms with van der Waals surface area (Å²) in [6, 6.07) is 11.3. The van der Waals surface area contributed by atoms with Gasteiger partial charge in [0.05, 0.1) is 23.1 Å². The number of hydrogen-bond donors (Lipinski definition) is 2. The van der Waals surface area contributed by atoms with E-state index in [1.807, 2.05) is 74.1 Å². The van der Waals surface area contributed by atoms with Crippen LogP contribution in [-0.2, 0) is 9.63 Å². The van der Waals surface area contributed by atoms with Crippen LogP contribution in [0.15, 0.2) is 53.9 Å². The lowest BCUT2D eigenvalue weighted by Gasteiger charge is -2.16. The van der Waals surface area contributed by atoms with Gasteiger partial charge in [0, 0.05) is 25.4 Å². The van der Waals surface area contributed by atoms with Gasteiger partial charge in [0.25, 0.3) is 0 Å². The van der Waals surface area contributed by atoms with Crippen molar-refractivity contribution >= 4 is 17.3 Å². The molecule has 0 saturated carbocycles. The standard InChI is InChI=1S/C19H24N4O2/c1-19(2,3)25-22-14-12-16(20-13-14)18(24)21-15-8-4-5-9-17(15)23-10-6-7-11-23/h4-11,16,20H,12-13H2,1-3H3,(H,21,24)/t16-/m0/s1. The first-order valence-electron chi connectivity index (χ1n) is 8.43. The number of rotatable bonds is 4. The van der Waals surface area contributed by atoms with Crippen molar-refractivity contribution in [2.75, 3.05) is 11.9 Å². The number of aromatic nitrogens is 1. The Morgan fingerprint density at radius 1 is 1.24 bits per heavy atom. The molecule has 1 aliphatic heterocycles. The van der Waals surface area contributed by atoms with E-state index in [-0.39, 0.29) is 17.6 Å². The highest BCUT2D eigenvalue weighted by Crippen LogP contribution is 2.21.